The van der Waals surface area contributed by atoms with E-state index in [1.165, 1.54) is 0 Å². The molecule has 0 bridgehead atoms. The summed E-state index contributed by atoms with van der Waals surface area (Å²) >= 11 is 0. The van der Waals surface area contributed by atoms with Crippen molar-refractivity contribution >= 4 is 5.91 Å². The molecule has 0 aliphatic carbocycles. The standard InChI is InChI=1S/C17H19NO3/c1-13(15-10-6-7-11-16(15)19)18(2)17(20)12-21-14-8-4-3-5-9-14/h3-11,13,19H,12H2,1-2H3. The molecule has 1 N–H and O–H groups in total. The van der Waals surface area contributed by atoms with Crippen molar-refractivity contribution in [1.29, 1.82) is 0 Å². The van der Waals surface area contributed by atoms with Crippen LogP contribution in [0.4, 0.5) is 0 Å². The smallest absolute Gasteiger partial charge is 0.260 e. The molecule has 0 radical (unpaired) electrons. The molecule has 2 aromatic rings. The predicted molar refractivity (Wildman–Crippen MR) is 81.2 cm³/mol. The third-order valence-electron chi connectivity index (χ3n) is 3.47. The third kappa shape index (κ3) is 3.75. The Hall–Kier alpha value is -2.49. The van der Waals surface area contributed by atoms with E-state index in [1.54, 1.807) is 36.2 Å². The molecule has 0 saturated carbocycles. The van der Waals surface area contributed by atoms with Gasteiger partial charge in [0.15, 0.2) is 6.61 Å². The summed E-state index contributed by atoms with van der Waals surface area (Å²) in [6.45, 7) is 1.84. The van der Waals surface area contributed by atoms with Crippen LogP contribution < -0.4 is 4.74 Å². The molecule has 2 aromatic carbocycles. The van der Waals surface area contributed by atoms with Gasteiger partial charge in [-0.1, -0.05) is 36.4 Å². The first kappa shape index (κ1) is 14.9. The van der Waals surface area contributed by atoms with E-state index in [-0.39, 0.29) is 24.3 Å². The number of nitrogens with zero attached hydrogens (tertiary/aromatic N) is 1. The van der Waals surface area contributed by atoms with Gasteiger partial charge in [0.1, 0.15) is 11.5 Å². The Morgan fingerprint density at radius 3 is 2.43 bits per heavy atom. The van der Waals surface area contributed by atoms with Crippen LogP contribution in [0, 0.1) is 0 Å². The molecule has 0 saturated heterocycles. The molecule has 0 fully saturated rings. The van der Waals surface area contributed by atoms with Crippen LogP contribution in [-0.2, 0) is 4.79 Å². The van der Waals surface area contributed by atoms with Crippen LogP contribution in [0.15, 0.2) is 54.6 Å². The lowest BCUT2D eigenvalue weighted by molar-refractivity contribution is -0.134. The number of para-hydroxylation sites is 2. The van der Waals surface area contributed by atoms with Gasteiger partial charge in [-0.2, -0.15) is 0 Å². The number of hydrogen-bond acceptors (Lipinski definition) is 3. The van der Waals surface area contributed by atoms with Crippen molar-refractivity contribution in [2.24, 2.45) is 0 Å². The van der Waals surface area contributed by atoms with Gasteiger partial charge in [-0.25, -0.2) is 0 Å². The Bertz CT molecular complexity index is 598. The Labute approximate surface area is 124 Å². The van der Waals surface area contributed by atoms with Crippen LogP contribution in [0.5, 0.6) is 11.5 Å². The Kier molecular flexibility index (Phi) is 4.82. The molecular formula is C17H19NO3. The van der Waals surface area contributed by atoms with Crippen LogP contribution in [-0.4, -0.2) is 29.6 Å². The lowest BCUT2D eigenvalue weighted by Crippen LogP contribution is -2.33. The van der Waals surface area contributed by atoms with Gasteiger partial charge < -0.3 is 14.7 Å². The van der Waals surface area contributed by atoms with Gasteiger partial charge >= 0.3 is 0 Å². The van der Waals surface area contributed by atoms with E-state index in [1.807, 2.05) is 37.3 Å². The summed E-state index contributed by atoms with van der Waals surface area (Å²) in [5.41, 5.74) is 0.716. The zero-order valence-electron chi connectivity index (χ0n) is 12.2. The zero-order valence-corrected chi connectivity index (χ0v) is 12.2. The van der Waals surface area contributed by atoms with E-state index in [2.05, 4.69) is 0 Å². The normalized spacial score (nSPS) is 11.7. The number of amides is 1. The highest BCUT2D eigenvalue weighted by Crippen LogP contribution is 2.27. The quantitative estimate of drug-likeness (QED) is 0.918. The summed E-state index contributed by atoms with van der Waals surface area (Å²) < 4.78 is 5.45. The molecule has 4 heteroatoms. The van der Waals surface area contributed by atoms with Gasteiger partial charge in [0, 0.05) is 12.6 Å². The van der Waals surface area contributed by atoms with Gasteiger partial charge in [0.05, 0.1) is 6.04 Å². The summed E-state index contributed by atoms with van der Waals surface area (Å²) in [4.78, 5) is 13.7. The molecule has 0 aliphatic rings. The lowest BCUT2D eigenvalue weighted by atomic mass is 10.1. The number of carbonyl (C=O) groups is 1. The Morgan fingerprint density at radius 1 is 1.14 bits per heavy atom. The van der Waals surface area contributed by atoms with Crippen LogP contribution in [0.25, 0.3) is 0 Å². The van der Waals surface area contributed by atoms with E-state index < -0.39 is 0 Å². The van der Waals surface area contributed by atoms with Gasteiger partial charge in [0.25, 0.3) is 5.91 Å². The fraction of sp³-hybridized carbons (Fsp3) is 0.235. The van der Waals surface area contributed by atoms with Crippen LogP contribution >= 0.6 is 0 Å². The SMILES string of the molecule is CC(c1ccccc1O)N(C)C(=O)COc1ccccc1. The summed E-state index contributed by atoms with van der Waals surface area (Å²) in [6, 6.07) is 16.0. The minimum Gasteiger partial charge on any atom is -0.508 e. The molecule has 0 aliphatic heterocycles. The number of ether oxygens (including phenoxy) is 1. The second-order valence-electron chi connectivity index (χ2n) is 4.84. The number of phenols is 1. The second-order valence-corrected chi connectivity index (χ2v) is 4.84. The van der Waals surface area contributed by atoms with Crippen molar-refractivity contribution in [2.75, 3.05) is 13.7 Å². The van der Waals surface area contributed by atoms with E-state index in [0.29, 0.717) is 11.3 Å². The first-order valence-corrected chi connectivity index (χ1v) is 6.81. The van der Waals surface area contributed by atoms with Crippen LogP contribution in [0.1, 0.15) is 18.5 Å². The Balaban J connectivity index is 1.97. The number of hydrogen-bond donors (Lipinski definition) is 1. The summed E-state index contributed by atoms with van der Waals surface area (Å²) in [5, 5.41) is 9.85. The number of likely N-dealkylation sites (N-methyl/N-ethyl adjacent to an activating group) is 1. The van der Waals surface area contributed by atoms with E-state index in [0.717, 1.165) is 0 Å². The summed E-state index contributed by atoms with van der Waals surface area (Å²) in [5.74, 6) is 0.706. The zero-order chi connectivity index (χ0) is 15.2. The van der Waals surface area contributed by atoms with Crippen molar-refractivity contribution in [2.45, 2.75) is 13.0 Å². The van der Waals surface area contributed by atoms with Crippen molar-refractivity contribution in [1.82, 2.24) is 4.90 Å². The molecule has 0 heterocycles. The van der Waals surface area contributed by atoms with Crippen molar-refractivity contribution < 1.29 is 14.6 Å². The maximum Gasteiger partial charge on any atom is 0.260 e. The molecule has 1 atom stereocenters. The average Bonchev–Trinajstić information content (AvgIpc) is 2.52. The molecule has 0 spiro atoms. The summed E-state index contributed by atoms with van der Waals surface area (Å²) in [7, 11) is 1.70. The fourth-order valence-corrected chi connectivity index (χ4v) is 2.03. The minimum absolute atomic E-state index is 0.0293. The molecule has 1 unspecified atom stereocenters. The topological polar surface area (TPSA) is 49.8 Å². The predicted octanol–water partition coefficient (Wildman–Crippen LogP) is 2.99. The van der Waals surface area contributed by atoms with Crippen LogP contribution in [0.3, 0.4) is 0 Å². The third-order valence-corrected chi connectivity index (χ3v) is 3.47. The number of benzene rings is 2. The first-order chi connectivity index (χ1) is 10.1. The largest absolute Gasteiger partial charge is 0.508 e. The number of aromatic hydroxyl groups is 1. The average molecular weight is 285 g/mol. The van der Waals surface area contributed by atoms with Crippen molar-refractivity contribution in [3.63, 3.8) is 0 Å². The molecule has 2 rings (SSSR count). The highest BCUT2D eigenvalue weighted by atomic mass is 16.5. The van der Waals surface area contributed by atoms with Gasteiger partial charge in [-0.15, -0.1) is 0 Å². The molecular weight excluding hydrogens is 266 g/mol. The first-order valence-electron chi connectivity index (χ1n) is 6.81. The molecule has 1 amide bonds. The minimum atomic E-state index is -0.224. The number of rotatable bonds is 5. The van der Waals surface area contributed by atoms with Gasteiger partial charge in [0.2, 0.25) is 0 Å². The maximum atomic E-state index is 12.2. The maximum absolute atomic E-state index is 12.2. The van der Waals surface area contributed by atoms with Crippen molar-refractivity contribution in [3.8, 4) is 11.5 Å². The van der Waals surface area contributed by atoms with E-state index in [9.17, 15) is 9.90 Å². The Morgan fingerprint density at radius 2 is 1.76 bits per heavy atom. The number of phenolic OH excluding ortho intramolecular Hbond substituents is 1. The highest BCUT2D eigenvalue weighted by Gasteiger charge is 2.19. The van der Waals surface area contributed by atoms with Crippen molar-refractivity contribution in [3.05, 3.63) is 60.2 Å². The molecule has 0 aromatic heterocycles. The second kappa shape index (κ2) is 6.79. The van der Waals surface area contributed by atoms with Gasteiger partial charge in [-0.05, 0) is 25.1 Å². The molecule has 4 nitrogen and oxygen atoms in total. The number of carbonyl (C=O) groups excluding carboxylic acids is 1. The van der Waals surface area contributed by atoms with Crippen LogP contribution in [0.2, 0.25) is 0 Å². The highest BCUT2D eigenvalue weighted by molar-refractivity contribution is 5.78. The molecule has 21 heavy (non-hydrogen) atoms. The van der Waals surface area contributed by atoms with E-state index >= 15 is 0 Å². The fourth-order valence-electron chi connectivity index (χ4n) is 2.03. The van der Waals surface area contributed by atoms with E-state index in [4.69, 9.17) is 4.74 Å². The van der Waals surface area contributed by atoms with Gasteiger partial charge in [-0.3, -0.25) is 4.79 Å². The summed E-state index contributed by atoms with van der Waals surface area (Å²) in [6.07, 6.45) is 0. The lowest BCUT2D eigenvalue weighted by Gasteiger charge is -2.25. The molecule has 110 valence electrons. The monoisotopic (exact) mass is 285 g/mol.